The number of benzene rings is 3. The fourth-order valence-electron chi connectivity index (χ4n) is 3.83. The van der Waals surface area contributed by atoms with Crippen molar-refractivity contribution in [2.24, 2.45) is 0 Å². The van der Waals surface area contributed by atoms with Crippen molar-refractivity contribution in [1.82, 2.24) is 0 Å². The van der Waals surface area contributed by atoms with Crippen LogP contribution in [0.2, 0.25) is 10.0 Å². The summed E-state index contributed by atoms with van der Waals surface area (Å²) in [7, 11) is 0. The molecule has 4 rings (SSSR count). The first-order valence-corrected chi connectivity index (χ1v) is 11.8. The van der Waals surface area contributed by atoms with Crippen molar-refractivity contribution in [2.45, 2.75) is 26.7 Å². The van der Waals surface area contributed by atoms with Crippen LogP contribution >= 0.6 is 23.2 Å². The van der Waals surface area contributed by atoms with Crippen molar-refractivity contribution >= 4 is 63.1 Å². The number of furan rings is 1. The van der Waals surface area contributed by atoms with E-state index >= 15 is 0 Å². The SMILES string of the molecule is CCC(=O)N(C(=O)CC)c1cccc(-c2ccc3c(N)c(C(=O)c4ccc(Cl)cc4Cl)oc3c2)c1. The number of nitrogens with zero attached hydrogens (tertiary/aromatic N) is 1. The van der Waals surface area contributed by atoms with Crippen LogP contribution in [0.1, 0.15) is 42.8 Å². The highest BCUT2D eigenvalue weighted by Crippen LogP contribution is 2.35. The monoisotopic (exact) mass is 508 g/mol. The summed E-state index contributed by atoms with van der Waals surface area (Å²) in [6.07, 6.45) is 0.421. The largest absolute Gasteiger partial charge is 0.450 e. The normalized spacial score (nSPS) is 11.0. The predicted molar refractivity (Wildman–Crippen MR) is 139 cm³/mol. The standard InChI is InChI=1S/C27H22Cl2N2O4/c1-3-23(32)31(24(33)4-2)18-7-5-6-15(12-18)16-8-10-20-22(13-16)35-27(25(20)30)26(34)19-11-9-17(28)14-21(19)29/h5-14H,3-4,30H2,1-2H3. The molecule has 0 bridgehead atoms. The minimum atomic E-state index is -0.448. The van der Waals surface area contributed by atoms with Gasteiger partial charge >= 0.3 is 0 Å². The second-order valence-electron chi connectivity index (χ2n) is 7.89. The van der Waals surface area contributed by atoms with Crippen molar-refractivity contribution in [3.63, 3.8) is 0 Å². The van der Waals surface area contributed by atoms with E-state index in [4.69, 9.17) is 33.4 Å². The lowest BCUT2D eigenvalue weighted by atomic mass is 10.0. The van der Waals surface area contributed by atoms with E-state index in [9.17, 15) is 14.4 Å². The van der Waals surface area contributed by atoms with Crippen LogP contribution in [0.25, 0.3) is 22.1 Å². The van der Waals surface area contributed by atoms with E-state index < -0.39 is 5.78 Å². The zero-order valence-corrected chi connectivity index (χ0v) is 20.6. The highest BCUT2D eigenvalue weighted by Gasteiger charge is 2.23. The average Bonchev–Trinajstić information content (AvgIpc) is 3.19. The average molecular weight is 509 g/mol. The lowest BCUT2D eigenvalue weighted by molar-refractivity contribution is -0.126. The van der Waals surface area contributed by atoms with E-state index in [2.05, 4.69) is 0 Å². The van der Waals surface area contributed by atoms with E-state index in [0.717, 1.165) is 11.1 Å². The molecule has 35 heavy (non-hydrogen) atoms. The summed E-state index contributed by atoms with van der Waals surface area (Å²) in [5.41, 5.74) is 9.14. The second-order valence-corrected chi connectivity index (χ2v) is 8.73. The minimum absolute atomic E-state index is 0.0108. The number of ketones is 1. The number of halogens is 2. The first-order chi connectivity index (χ1) is 16.7. The topological polar surface area (TPSA) is 93.6 Å². The summed E-state index contributed by atoms with van der Waals surface area (Å²) in [4.78, 5) is 39.1. The van der Waals surface area contributed by atoms with Gasteiger partial charge in [-0.2, -0.15) is 0 Å². The summed E-state index contributed by atoms with van der Waals surface area (Å²) in [6, 6.07) is 17.1. The Morgan fingerprint density at radius 3 is 2.23 bits per heavy atom. The molecule has 0 saturated heterocycles. The molecule has 0 aliphatic rings. The van der Waals surface area contributed by atoms with Crippen LogP contribution in [0.5, 0.6) is 0 Å². The Bertz CT molecular complexity index is 1460. The van der Waals surface area contributed by atoms with Gasteiger partial charge in [0.05, 0.1) is 16.4 Å². The Morgan fingerprint density at radius 1 is 0.886 bits per heavy atom. The lowest BCUT2D eigenvalue weighted by Crippen LogP contribution is -2.35. The molecule has 0 saturated carbocycles. The van der Waals surface area contributed by atoms with E-state index in [-0.39, 0.29) is 46.7 Å². The number of hydrogen-bond acceptors (Lipinski definition) is 5. The molecule has 3 aromatic carbocycles. The number of nitrogen functional groups attached to an aromatic ring is 1. The summed E-state index contributed by atoms with van der Waals surface area (Å²) in [6.45, 7) is 3.43. The van der Waals surface area contributed by atoms with Gasteiger partial charge in [0.25, 0.3) is 0 Å². The fourth-order valence-corrected chi connectivity index (χ4v) is 4.32. The van der Waals surface area contributed by atoms with Gasteiger partial charge in [0, 0.05) is 28.8 Å². The molecule has 0 spiro atoms. The van der Waals surface area contributed by atoms with Crippen molar-refractivity contribution in [3.8, 4) is 11.1 Å². The first kappa shape index (κ1) is 24.5. The van der Waals surface area contributed by atoms with E-state index in [1.165, 1.54) is 17.0 Å². The van der Waals surface area contributed by atoms with Gasteiger partial charge in [-0.15, -0.1) is 0 Å². The number of amides is 2. The Balaban J connectivity index is 1.74. The first-order valence-electron chi connectivity index (χ1n) is 11.0. The Morgan fingerprint density at radius 2 is 1.57 bits per heavy atom. The highest BCUT2D eigenvalue weighted by molar-refractivity contribution is 6.37. The smallest absolute Gasteiger partial charge is 0.233 e. The minimum Gasteiger partial charge on any atom is -0.450 e. The highest BCUT2D eigenvalue weighted by atomic mass is 35.5. The number of carbonyl (C=O) groups is 3. The summed E-state index contributed by atoms with van der Waals surface area (Å²) in [5.74, 6) is -1.00. The van der Waals surface area contributed by atoms with Gasteiger partial charge in [-0.3, -0.25) is 19.3 Å². The molecule has 8 heteroatoms. The van der Waals surface area contributed by atoms with E-state index in [1.54, 1.807) is 50.2 Å². The van der Waals surface area contributed by atoms with E-state index in [1.807, 2.05) is 12.1 Å². The quantitative estimate of drug-likeness (QED) is 0.286. The molecule has 4 aromatic rings. The van der Waals surface area contributed by atoms with Crippen LogP contribution in [0.15, 0.2) is 65.1 Å². The molecule has 2 N–H and O–H groups in total. The number of carbonyl (C=O) groups excluding carboxylic acids is 3. The molecule has 0 fully saturated rings. The van der Waals surface area contributed by atoms with Crippen LogP contribution in [0.3, 0.4) is 0 Å². The van der Waals surface area contributed by atoms with Gasteiger partial charge in [-0.25, -0.2) is 0 Å². The molecule has 0 atom stereocenters. The Labute approximate surface area is 212 Å². The van der Waals surface area contributed by atoms with Gasteiger partial charge in [0.1, 0.15) is 5.58 Å². The van der Waals surface area contributed by atoms with Gasteiger partial charge in [-0.05, 0) is 53.6 Å². The number of hydrogen-bond donors (Lipinski definition) is 1. The maximum atomic E-state index is 13.1. The maximum absolute atomic E-state index is 13.1. The molecular formula is C27H22Cl2N2O4. The van der Waals surface area contributed by atoms with Crippen LogP contribution < -0.4 is 10.6 Å². The second kappa shape index (κ2) is 9.94. The Hall–Kier alpha value is -3.61. The predicted octanol–water partition coefficient (Wildman–Crippen LogP) is 6.90. The summed E-state index contributed by atoms with van der Waals surface area (Å²) in [5, 5.41) is 1.20. The summed E-state index contributed by atoms with van der Waals surface area (Å²) >= 11 is 12.1. The van der Waals surface area contributed by atoms with Crippen LogP contribution in [0, 0.1) is 0 Å². The fraction of sp³-hybridized carbons (Fsp3) is 0.148. The molecular weight excluding hydrogens is 487 g/mol. The molecule has 1 heterocycles. The van der Waals surface area contributed by atoms with Gasteiger partial charge in [-0.1, -0.05) is 55.2 Å². The molecule has 0 unspecified atom stereocenters. The zero-order chi connectivity index (χ0) is 25.3. The molecule has 0 aliphatic carbocycles. The molecule has 0 radical (unpaired) electrons. The molecule has 178 valence electrons. The van der Waals surface area contributed by atoms with Gasteiger partial charge in [0.2, 0.25) is 17.6 Å². The van der Waals surface area contributed by atoms with Crippen molar-refractivity contribution in [1.29, 1.82) is 0 Å². The van der Waals surface area contributed by atoms with Crippen molar-refractivity contribution in [3.05, 3.63) is 82.0 Å². The van der Waals surface area contributed by atoms with Crippen LogP contribution in [-0.2, 0) is 9.59 Å². The number of nitrogens with two attached hydrogens (primary N) is 1. The van der Waals surface area contributed by atoms with Gasteiger partial charge < -0.3 is 10.2 Å². The number of rotatable bonds is 6. The lowest BCUT2D eigenvalue weighted by Gasteiger charge is -2.20. The van der Waals surface area contributed by atoms with E-state index in [0.29, 0.717) is 21.7 Å². The zero-order valence-electron chi connectivity index (χ0n) is 19.1. The van der Waals surface area contributed by atoms with Crippen LogP contribution in [-0.4, -0.2) is 17.6 Å². The van der Waals surface area contributed by atoms with Crippen LogP contribution in [0.4, 0.5) is 11.4 Å². The number of fused-ring (bicyclic) bond motifs is 1. The van der Waals surface area contributed by atoms with Crippen molar-refractivity contribution in [2.75, 3.05) is 10.6 Å². The third-order valence-corrected chi connectivity index (χ3v) is 6.20. The van der Waals surface area contributed by atoms with Crippen molar-refractivity contribution < 1.29 is 18.8 Å². The Kier molecular flexibility index (Phi) is 6.96. The molecule has 0 aliphatic heterocycles. The third-order valence-electron chi connectivity index (χ3n) is 5.65. The molecule has 2 amide bonds. The van der Waals surface area contributed by atoms with Gasteiger partial charge in [0.15, 0.2) is 5.76 Å². The third kappa shape index (κ3) is 4.67. The maximum Gasteiger partial charge on any atom is 0.233 e. The number of imide groups is 1. The molecule has 6 nitrogen and oxygen atoms in total. The summed E-state index contributed by atoms with van der Waals surface area (Å²) < 4.78 is 5.87. The molecule has 1 aromatic heterocycles. The number of anilines is 2.